The van der Waals surface area contributed by atoms with E-state index in [1.54, 1.807) is 18.3 Å². The van der Waals surface area contributed by atoms with Crippen molar-refractivity contribution in [3.8, 4) is 17.0 Å². The average molecular weight is 347 g/mol. The van der Waals surface area contributed by atoms with Crippen molar-refractivity contribution in [1.29, 1.82) is 0 Å². The van der Waals surface area contributed by atoms with Crippen molar-refractivity contribution in [2.45, 2.75) is 31.8 Å². The molecule has 1 atom stereocenters. The van der Waals surface area contributed by atoms with Gasteiger partial charge in [0.15, 0.2) is 11.6 Å². The van der Waals surface area contributed by atoms with Gasteiger partial charge in [-0.3, -0.25) is 14.8 Å². The van der Waals surface area contributed by atoms with Crippen molar-refractivity contribution in [2.75, 3.05) is 20.8 Å². The van der Waals surface area contributed by atoms with Crippen molar-refractivity contribution >= 4 is 5.97 Å². The van der Waals surface area contributed by atoms with Crippen molar-refractivity contribution in [1.82, 2.24) is 15.1 Å². The summed E-state index contributed by atoms with van der Waals surface area (Å²) in [6.45, 7) is 1.38. The molecule has 0 saturated carbocycles. The molecule has 0 aliphatic carbocycles. The van der Waals surface area contributed by atoms with Crippen LogP contribution < -0.4 is 4.74 Å². The van der Waals surface area contributed by atoms with Crippen LogP contribution in [0.1, 0.15) is 24.8 Å². The second kappa shape index (κ2) is 7.65. The minimum absolute atomic E-state index is 0.201. The van der Waals surface area contributed by atoms with Gasteiger partial charge in [0.05, 0.1) is 26.1 Å². The molecule has 1 aliphatic rings. The Hall–Kier alpha value is -2.41. The number of aromatic nitrogens is 2. The predicted molar refractivity (Wildman–Crippen MR) is 90.6 cm³/mol. The van der Waals surface area contributed by atoms with Crippen LogP contribution >= 0.6 is 0 Å². The molecule has 1 unspecified atom stereocenters. The summed E-state index contributed by atoms with van der Waals surface area (Å²) < 4.78 is 23.9. The van der Waals surface area contributed by atoms with Gasteiger partial charge < -0.3 is 9.47 Å². The second-order valence-corrected chi connectivity index (χ2v) is 6.12. The zero-order valence-electron chi connectivity index (χ0n) is 14.4. The maximum Gasteiger partial charge on any atom is 0.323 e. The molecule has 2 aromatic rings. The molecule has 6 nitrogen and oxygen atoms in total. The van der Waals surface area contributed by atoms with Crippen molar-refractivity contribution in [3.05, 3.63) is 35.8 Å². The molecule has 0 amide bonds. The van der Waals surface area contributed by atoms with E-state index in [1.165, 1.54) is 20.3 Å². The number of esters is 1. The number of halogens is 1. The van der Waals surface area contributed by atoms with Gasteiger partial charge in [0, 0.05) is 17.7 Å². The lowest BCUT2D eigenvalue weighted by atomic mass is 10.0. The van der Waals surface area contributed by atoms with Crippen molar-refractivity contribution in [2.24, 2.45) is 0 Å². The van der Waals surface area contributed by atoms with Gasteiger partial charge in [0.2, 0.25) is 0 Å². The zero-order chi connectivity index (χ0) is 17.8. The highest BCUT2D eigenvalue weighted by molar-refractivity contribution is 5.75. The smallest absolute Gasteiger partial charge is 0.323 e. The molecule has 1 saturated heterocycles. The molecular formula is C18H22FN3O3. The third-order valence-corrected chi connectivity index (χ3v) is 4.62. The van der Waals surface area contributed by atoms with E-state index < -0.39 is 5.82 Å². The topological polar surface area (TPSA) is 67.5 Å². The fraction of sp³-hybridized carbons (Fsp3) is 0.444. The first-order valence-electron chi connectivity index (χ1n) is 8.32. The first kappa shape index (κ1) is 17.4. The highest BCUT2D eigenvalue weighted by Crippen LogP contribution is 2.28. The molecule has 2 heterocycles. The Labute approximate surface area is 145 Å². The number of piperidine rings is 1. The molecule has 0 spiro atoms. The fourth-order valence-electron chi connectivity index (χ4n) is 3.30. The SMILES string of the molecule is COC(=O)C1CCCCN1Cc1cn[nH]c1-c1ccc(OC)c(F)c1. The van der Waals surface area contributed by atoms with E-state index in [1.807, 2.05) is 0 Å². The highest BCUT2D eigenvalue weighted by Gasteiger charge is 2.30. The number of carbonyl (C=O) groups is 1. The van der Waals surface area contributed by atoms with Crippen molar-refractivity contribution in [3.63, 3.8) is 0 Å². The Balaban J connectivity index is 1.84. The molecule has 1 aromatic carbocycles. The molecule has 1 N–H and O–H groups in total. The van der Waals surface area contributed by atoms with Crippen LogP contribution in [-0.4, -0.2) is 47.9 Å². The molecule has 3 rings (SSSR count). The van der Waals surface area contributed by atoms with Gasteiger partial charge in [-0.15, -0.1) is 0 Å². The molecular weight excluding hydrogens is 325 g/mol. The third kappa shape index (κ3) is 3.66. The Kier molecular flexibility index (Phi) is 5.33. The largest absolute Gasteiger partial charge is 0.494 e. The van der Waals surface area contributed by atoms with Crippen LogP contribution in [0.25, 0.3) is 11.3 Å². The molecule has 1 fully saturated rings. The maximum absolute atomic E-state index is 14.0. The summed E-state index contributed by atoms with van der Waals surface area (Å²) in [5, 5.41) is 7.04. The number of hydrogen-bond donors (Lipinski definition) is 1. The van der Waals surface area contributed by atoms with Crippen LogP contribution in [0.15, 0.2) is 24.4 Å². The lowest BCUT2D eigenvalue weighted by Gasteiger charge is -2.33. The standard InChI is InChI=1S/C18H22FN3O3/c1-24-16-7-6-12(9-14(16)19)17-13(10-20-21-17)11-22-8-4-3-5-15(22)18(23)25-2/h6-7,9-10,15H,3-5,8,11H2,1-2H3,(H,20,21). The van der Waals surface area contributed by atoms with E-state index in [2.05, 4.69) is 15.1 Å². The van der Waals surface area contributed by atoms with Gasteiger partial charge in [-0.1, -0.05) is 6.42 Å². The van der Waals surface area contributed by atoms with E-state index in [0.29, 0.717) is 12.1 Å². The van der Waals surface area contributed by atoms with Gasteiger partial charge >= 0.3 is 5.97 Å². The molecule has 0 bridgehead atoms. The van der Waals surface area contributed by atoms with Gasteiger partial charge in [-0.05, 0) is 37.6 Å². The molecule has 0 radical (unpaired) electrons. The number of benzene rings is 1. The van der Waals surface area contributed by atoms with Gasteiger partial charge in [0.1, 0.15) is 6.04 Å². The second-order valence-electron chi connectivity index (χ2n) is 6.12. The molecule has 1 aliphatic heterocycles. The summed E-state index contributed by atoms with van der Waals surface area (Å²) in [6, 6.07) is 4.55. The molecule has 134 valence electrons. The van der Waals surface area contributed by atoms with Gasteiger partial charge in [-0.2, -0.15) is 5.10 Å². The maximum atomic E-state index is 14.0. The number of rotatable bonds is 5. The van der Waals surface area contributed by atoms with Gasteiger partial charge in [0.25, 0.3) is 0 Å². The Bertz CT molecular complexity index is 747. The predicted octanol–water partition coefficient (Wildman–Crippen LogP) is 2.75. The number of ether oxygens (including phenoxy) is 2. The van der Waals surface area contributed by atoms with Crippen LogP contribution in [0, 0.1) is 5.82 Å². The zero-order valence-corrected chi connectivity index (χ0v) is 14.4. The van der Waals surface area contributed by atoms with E-state index in [-0.39, 0.29) is 17.8 Å². The first-order chi connectivity index (χ1) is 12.1. The van der Waals surface area contributed by atoms with Crippen LogP contribution in [0.2, 0.25) is 0 Å². The van der Waals surface area contributed by atoms with Crippen LogP contribution in [0.3, 0.4) is 0 Å². The summed E-state index contributed by atoms with van der Waals surface area (Å²) in [5.74, 6) is -0.433. The Morgan fingerprint density at radius 1 is 1.40 bits per heavy atom. The normalized spacial score (nSPS) is 18.1. The van der Waals surface area contributed by atoms with Gasteiger partial charge in [-0.25, -0.2) is 4.39 Å². The van der Waals surface area contributed by atoms with E-state index in [9.17, 15) is 9.18 Å². The highest BCUT2D eigenvalue weighted by atomic mass is 19.1. The number of likely N-dealkylation sites (tertiary alicyclic amines) is 1. The number of aromatic amines is 1. The van der Waals surface area contributed by atoms with E-state index in [4.69, 9.17) is 9.47 Å². The number of nitrogens with zero attached hydrogens (tertiary/aromatic N) is 2. The molecule has 1 aromatic heterocycles. The lowest BCUT2D eigenvalue weighted by Crippen LogP contribution is -2.44. The number of methoxy groups -OCH3 is 2. The summed E-state index contributed by atoms with van der Waals surface area (Å²) in [6.07, 6.45) is 4.56. The van der Waals surface area contributed by atoms with E-state index in [0.717, 1.165) is 37.1 Å². The molecule has 7 heteroatoms. The summed E-state index contributed by atoms with van der Waals surface area (Å²) >= 11 is 0. The monoisotopic (exact) mass is 347 g/mol. The number of carbonyl (C=O) groups excluding carboxylic acids is 1. The minimum Gasteiger partial charge on any atom is -0.494 e. The van der Waals surface area contributed by atoms with Crippen LogP contribution in [0.5, 0.6) is 5.75 Å². The fourth-order valence-corrected chi connectivity index (χ4v) is 3.30. The molecule has 25 heavy (non-hydrogen) atoms. The third-order valence-electron chi connectivity index (χ3n) is 4.62. The van der Waals surface area contributed by atoms with Crippen LogP contribution in [-0.2, 0) is 16.1 Å². The number of nitrogens with one attached hydrogen (secondary N) is 1. The average Bonchev–Trinajstić information content (AvgIpc) is 3.09. The van der Waals surface area contributed by atoms with Crippen molar-refractivity contribution < 1.29 is 18.7 Å². The first-order valence-corrected chi connectivity index (χ1v) is 8.32. The van der Waals surface area contributed by atoms with Crippen LogP contribution in [0.4, 0.5) is 4.39 Å². The minimum atomic E-state index is -0.425. The lowest BCUT2D eigenvalue weighted by molar-refractivity contribution is -0.148. The summed E-state index contributed by atoms with van der Waals surface area (Å²) in [7, 11) is 2.85. The number of H-pyrrole nitrogens is 1. The summed E-state index contributed by atoms with van der Waals surface area (Å²) in [4.78, 5) is 14.1. The van der Waals surface area contributed by atoms with E-state index >= 15 is 0 Å². The Morgan fingerprint density at radius 3 is 2.96 bits per heavy atom. The number of hydrogen-bond acceptors (Lipinski definition) is 5. The quantitative estimate of drug-likeness (QED) is 0.843. The Morgan fingerprint density at radius 2 is 2.24 bits per heavy atom. The summed E-state index contributed by atoms with van der Waals surface area (Å²) in [5.41, 5.74) is 2.36.